The molecule has 1 heterocycles. The molecule has 3 aromatic rings. The van der Waals surface area contributed by atoms with Crippen LogP contribution in [-0.2, 0) is 27.0 Å². The highest BCUT2D eigenvalue weighted by atomic mass is 19.1. The van der Waals surface area contributed by atoms with Gasteiger partial charge in [0, 0.05) is 33.1 Å². The Morgan fingerprint density at radius 3 is 2.25 bits per heavy atom. The van der Waals surface area contributed by atoms with E-state index in [4.69, 9.17) is 4.74 Å². The number of piperidine rings is 1. The van der Waals surface area contributed by atoms with Crippen LogP contribution in [0.2, 0.25) is 0 Å². The van der Waals surface area contributed by atoms with Crippen LogP contribution in [0.3, 0.4) is 0 Å². The number of benzene rings is 3. The number of carbonyl (C=O) groups is 2. The minimum Gasteiger partial charge on any atom is -0.497 e. The summed E-state index contributed by atoms with van der Waals surface area (Å²) in [7, 11) is 1.64. The molecule has 5 rings (SSSR count). The maximum Gasteiger partial charge on any atom is 0.231 e. The lowest BCUT2D eigenvalue weighted by Crippen LogP contribution is -2.53. The van der Waals surface area contributed by atoms with Crippen molar-refractivity contribution < 1.29 is 18.7 Å². The van der Waals surface area contributed by atoms with Crippen molar-refractivity contribution in [3.05, 3.63) is 101 Å². The van der Waals surface area contributed by atoms with Gasteiger partial charge in [-0.25, -0.2) is 4.39 Å². The quantitative estimate of drug-likeness (QED) is 0.393. The molecule has 0 aromatic heterocycles. The molecular weight excluding hydrogens is 505 g/mol. The van der Waals surface area contributed by atoms with Gasteiger partial charge in [0.1, 0.15) is 11.6 Å². The van der Waals surface area contributed by atoms with Gasteiger partial charge in [0.15, 0.2) is 0 Å². The molecule has 40 heavy (non-hydrogen) atoms. The Balaban J connectivity index is 1.26. The number of nitrogens with one attached hydrogen (secondary N) is 2. The van der Waals surface area contributed by atoms with Crippen LogP contribution in [0.15, 0.2) is 78.9 Å². The highest BCUT2D eigenvalue weighted by molar-refractivity contribution is 5.92. The summed E-state index contributed by atoms with van der Waals surface area (Å²) in [4.78, 5) is 28.3. The highest BCUT2D eigenvalue weighted by Crippen LogP contribution is 2.55. The van der Waals surface area contributed by atoms with Gasteiger partial charge in [0.25, 0.3) is 0 Å². The fourth-order valence-corrected chi connectivity index (χ4v) is 6.34. The van der Waals surface area contributed by atoms with Crippen molar-refractivity contribution in [2.75, 3.05) is 33.3 Å². The highest BCUT2D eigenvalue weighted by Gasteiger charge is 2.61. The first-order valence-corrected chi connectivity index (χ1v) is 14.1. The van der Waals surface area contributed by atoms with Crippen molar-refractivity contribution in [2.45, 2.75) is 43.6 Å². The molecule has 1 saturated carbocycles. The summed E-state index contributed by atoms with van der Waals surface area (Å²) in [5, 5.41) is 6.42. The lowest BCUT2D eigenvalue weighted by atomic mass is 9.80. The number of methoxy groups -OCH3 is 1. The van der Waals surface area contributed by atoms with Gasteiger partial charge in [-0.3, -0.25) is 9.59 Å². The number of hydrogen-bond donors (Lipinski definition) is 2. The molecule has 0 spiro atoms. The number of ether oxygens (including phenoxy) is 1. The second-order valence-electron chi connectivity index (χ2n) is 11.2. The summed E-state index contributed by atoms with van der Waals surface area (Å²) in [6.07, 6.45) is 3.07. The molecular formula is C33H38FN3O3. The number of nitrogens with zero attached hydrogens (tertiary/aromatic N) is 1. The zero-order chi connectivity index (χ0) is 28.2. The third kappa shape index (κ3) is 5.89. The number of hydrogen-bond acceptors (Lipinski definition) is 4. The molecule has 0 radical (unpaired) electrons. The number of halogens is 1. The van der Waals surface area contributed by atoms with Gasteiger partial charge in [-0.05, 0) is 72.6 Å². The monoisotopic (exact) mass is 543 g/mol. The van der Waals surface area contributed by atoms with Crippen LogP contribution in [0, 0.1) is 11.7 Å². The number of likely N-dealkylation sites (tertiary alicyclic amines) is 1. The van der Waals surface area contributed by atoms with Crippen molar-refractivity contribution in [1.29, 1.82) is 0 Å². The fraction of sp³-hybridized carbons (Fsp3) is 0.394. The molecule has 0 unspecified atom stereocenters. The first-order chi connectivity index (χ1) is 19.3. The van der Waals surface area contributed by atoms with Gasteiger partial charge in [-0.15, -0.1) is 0 Å². The van der Waals surface area contributed by atoms with E-state index in [0.717, 1.165) is 61.3 Å². The van der Waals surface area contributed by atoms with Crippen LogP contribution >= 0.6 is 0 Å². The molecule has 1 aliphatic carbocycles. The Kier molecular flexibility index (Phi) is 8.22. The number of rotatable bonds is 10. The molecule has 7 heteroatoms. The minimum atomic E-state index is -0.583. The minimum absolute atomic E-state index is 0.0182. The van der Waals surface area contributed by atoms with Crippen LogP contribution in [-0.4, -0.2) is 50.0 Å². The molecule has 6 nitrogen and oxygen atoms in total. The summed E-state index contributed by atoms with van der Waals surface area (Å²) >= 11 is 0. The Bertz CT molecular complexity index is 1310. The summed E-state index contributed by atoms with van der Waals surface area (Å²) in [6, 6.07) is 24.5. The smallest absolute Gasteiger partial charge is 0.231 e. The average molecular weight is 544 g/mol. The van der Waals surface area contributed by atoms with E-state index in [2.05, 4.69) is 27.7 Å². The maximum absolute atomic E-state index is 13.7. The lowest BCUT2D eigenvalue weighted by Gasteiger charge is -2.43. The summed E-state index contributed by atoms with van der Waals surface area (Å²) in [5.74, 6) is 0.715. The molecule has 2 fully saturated rings. The van der Waals surface area contributed by atoms with E-state index in [9.17, 15) is 14.0 Å². The van der Waals surface area contributed by atoms with Crippen LogP contribution < -0.4 is 15.4 Å². The molecule has 2 N–H and O–H groups in total. The average Bonchev–Trinajstić information content (AvgIpc) is 3.70. The van der Waals surface area contributed by atoms with Gasteiger partial charge in [0.2, 0.25) is 11.8 Å². The van der Waals surface area contributed by atoms with Crippen molar-refractivity contribution in [3.8, 4) is 5.75 Å². The first-order valence-electron chi connectivity index (χ1n) is 14.1. The van der Waals surface area contributed by atoms with E-state index in [-0.39, 0.29) is 29.1 Å². The Labute approximate surface area is 235 Å². The Hall–Kier alpha value is -3.71. The van der Waals surface area contributed by atoms with E-state index in [1.165, 1.54) is 12.1 Å². The van der Waals surface area contributed by atoms with Gasteiger partial charge in [-0.1, -0.05) is 54.6 Å². The van der Waals surface area contributed by atoms with Crippen LogP contribution in [0.5, 0.6) is 5.75 Å². The first kappa shape index (κ1) is 27.8. The van der Waals surface area contributed by atoms with E-state index in [1.807, 2.05) is 42.5 Å². The van der Waals surface area contributed by atoms with Crippen molar-refractivity contribution in [3.63, 3.8) is 0 Å². The van der Waals surface area contributed by atoms with Gasteiger partial charge < -0.3 is 20.3 Å². The van der Waals surface area contributed by atoms with E-state index in [1.54, 1.807) is 26.2 Å². The summed E-state index contributed by atoms with van der Waals surface area (Å²) in [6.45, 7) is 4.59. The number of amides is 2. The third-order valence-corrected chi connectivity index (χ3v) is 8.66. The molecule has 210 valence electrons. The summed E-state index contributed by atoms with van der Waals surface area (Å²) < 4.78 is 18.6. The van der Waals surface area contributed by atoms with Crippen molar-refractivity contribution >= 4 is 11.8 Å². The van der Waals surface area contributed by atoms with E-state index < -0.39 is 5.41 Å². The predicted octanol–water partition coefficient (Wildman–Crippen LogP) is 4.58. The van der Waals surface area contributed by atoms with E-state index in [0.29, 0.717) is 13.0 Å². The lowest BCUT2D eigenvalue weighted by molar-refractivity contribution is -0.124. The predicted molar refractivity (Wildman–Crippen MR) is 154 cm³/mol. The van der Waals surface area contributed by atoms with Crippen molar-refractivity contribution in [1.82, 2.24) is 15.5 Å². The third-order valence-electron chi connectivity index (χ3n) is 8.66. The molecule has 3 aromatic carbocycles. The fourth-order valence-electron chi connectivity index (χ4n) is 6.34. The molecule has 0 bridgehead atoms. The SMILES string of the molecule is COc1ccc([C@]2(C(=O)NCCc3ccc(F)cc3)C[C@H]2CN2CCC(NC(C)=O)(c3ccccc3)CC2)cc1. The van der Waals surface area contributed by atoms with Crippen LogP contribution in [0.25, 0.3) is 0 Å². The normalized spacial score (nSPS) is 21.8. The second-order valence-corrected chi connectivity index (χ2v) is 11.2. The van der Waals surface area contributed by atoms with Crippen LogP contribution in [0.4, 0.5) is 4.39 Å². The standard InChI is InChI=1S/C33H38FN3O3/c1-24(38)36-32(26-6-4-3-5-7-26)17-20-37(21-18-32)23-28-22-33(28,27-10-14-30(40-2)15-11-27)31(39)35-19-16-25-8-12-29(34)13-9-25/h3-15,28H,16-23H2,1-2H3,(H,35,39)(H,36,38)/t28-,33+/m0/s1. The number of carbonyl (C=O) groups excluding carboxylic acids is 2. The second kappa shape index (κ2) is 11.8. The Morgan fingerprint density at radius 2 is 1.62 bits per heavy atom. The maximum atomic E-state index is 13.7. The van der Waals surface area contributed by atoms with Crippen LogP contribution in [0.1, 0.15) is 42.9 Å². The molecule has 1 saturated heterocycles. The molecule has 2 atom stereocenters. The molecule has 2 aliphatic rings. The molecule has 1 aliphatic heterocycles. The summed E-state index contributed by atoms with van der Waals surface area (Å²) in [5.41, 5.74) is 2.19. The molecule has 2 amide bonds. The topological polar surface area (TPSA) is 70.7 Å². The van der Waals surface area contributed by atoms with E-state index >= 15 is 0 Å². The van der Waals surface area contributed by atoms with Gasteiger partial charge in [0.05, 0.1) is 18.1 Å². The Morgan fingerprint density at radius 1 is 0.950 bits per heavy atom. The van der Waals surface area contributed by atoms with Gasteiger partial charge >= 0.3 is 0 Å². The zero-order valence-electron chi connectivity index (χ0n) is 23.3. The van der Waals surface area contributed by atoms with Gasteiger partial charge in [-0.2, -0.15) is 0 Å². The largest absolute Gasteiger partial charge is 0.497 e. The zero-order valence-corrected chi connectivity index (χ0v) is 23.3. The van der Waals surface area contributed by atoms with Crippen molar-refractivity contribution in [2.24, 2.45) is 5.92 Å².